The molecule has 8 heteroatoms. The van der Waals surface area contributed by atoms with Crippen LogP contribution in [-0.2, 0) is 17.9 Å². The van der Waals surface area contributed by atoms with Gasteiger partial charge >= 0.3 is 6.03 Å². The molecular weight excluding hydrogens is 396 g/mol. The fourth-order valence-corrected chi connectivity index (χ4v) is 3.59. The molecule has 31 heavy (non-hydrogen) atoms. The Morgan fingerprint density at radius 1 is 0.806 bits per heavy atom. The Morgan fingerprint density at radius 3 is 1.94 bits per heavy atom. The van der Waals surface area contributed by atoms with Gasteiger partial charge in [0.15, 0.2) is 0 Å². The number of nitrogens with zero attached hydrogens (tertiary/aromatic N) is 3. The van der Waals surface area contributed by atoms with E-state index in [9.17, 15) is 9.59 Å². The van der Waals surface area contributed by atoms with Crippen LogP contribution in [0.2, 0.25) is 0 Å². The summed E-state index contributed by atoms with van der Waals surface area (Å²) in [5.74, 6) is 1.62. The molecule has 0 saturated carbocycles. The second-order valence-corrected chi connectivity index (χ2v) is 7.47. The van der Waals surface area contributed by atoms with Gasteiger partial charge in [-0.25, -0.2) is 4.79 Å². The van der Waals surface area contributed by atoms with Crippen LogP contribution in [0.25, 0.3) is 0 Å². The minimum absolute atomic E-state index is 0.0289. The molecule has 0 radical (unpaired) electrons. The Hall–Kier alpha value is -3.52. The van der Waals surface area contributed by atoms with Crippen molar-refractivity contribution < 1.29 is 18.4 Å². The number of amides is 3. The highest BCUT2D eigenvalue weighted by atomic mass is 16.3. The van der Waals surface area contributed by atoms with Gasteiger partial charge in [0.05, 0.1) is 32.2 Å². The summed E-state index contributed by atoms with van der Waals surface area (Å²) >= 11 is 0. The number of hydrogen-bond acceptors (Lipinski definition) is 5. The van der Waals surface area contributed by atoms with Gasteiger partial charge in [-0.05, 0) is 36.4 Å². The first kappa shape index (κ1) is 20.7. The Kier molecular flexibility index (Phi) is 6.68. The molecule has 4 rings (SSSR count). The summed E-state index contributed by atoms with van der Waals surface area (Å²) in [6, 6.07) is 16.7. The van der Waals surface area contributed by atoms with Gasteiger partial charge in [-0.15, -0.1) is 0 Å². The number of benzene rings is 1. The second-order valence-electron chi connectivity index (χ2n) is 7.47. The molecule has 8 nitrogen and oxygen atoms in total. The number of carbonyl (C=O) groups is 2. The van der Waals surface area contributed by atoms with Crippen LogP contribution in [0.1, 0.15) is 11.5 Å². The predicted octanol–water partition coefficient (Wildman–Crippen LogP) is 3.25. The van der Waals surface area contributed by atoms with E-state index in [1.807, 2.05) is 64.4 Å². The SMILES string of the molecule is O=C(CN(Cc1ccco1)Cc1ccco1)N1CCN(C(=O)Nc2ccccc2)CC1. The lowest BCUT2D eigenvalue weighted by Gasteiger charge is -2.35. The van der Waals surface area contributed by atoms with Crippen LogP contribution in [-0.4, -0.2) is 59.4 Å². The highest BCUT2D eigenvalue weighted by Crippen LogP contribution is 2.13. The minimum Gasteiger partial charge on any atom is -0.468 e. The fourth-order valence-electron chi connectivity index (χ4n) is 3.59. The van der Waals surface area contributed by atoms with Crippen LogP contribution in [0.4, 0.5) is 10.5 Å². The molecule has 0 unspecified atom stereocenters. The van der Waals surface area contributed by atoms with Crippen molar-refractivity contribution in [3.8, 4) is 0 Å². The van der Waals surface area contributed by atoms with Gasteiger partial charge in [0.2, 0.25) is 5.91 Å². The summed E-state index contributed by atoms with van der Waals surface area (Å²) in [6.45, 7) is 3.30. The molecular formula is C23H26N4O4. The third-order valence-electron chi connectivity index (χ3n) is 5.22. The van der Waals surface area contributed by atoms with E-state index in [4.69, 9.17) is 8.83 Å². The number of rotatable bonds is 7. The molecule has 0 atom stereocenters. The molecule has 1 saturated heterocycles. The van der Waals surface area contributed by atoms with Crippen molar-refractivity contribution in [2.24, 2.45) is 0 Å². The summed E-state index contributed by atoms with van der Waals surface area (Å²) in [6.07, 6.45) is 3.25. The van der Waals surface area contributed by atoms with Gasteiger partial charge in [-0.3, -0.25) is 9.69 Å². The summed E-state index contributed by atoms with van der Waals surface area (Å²) < 4.78 is 10.9. The highest BCUT2D eigenvalue weighted by molar-refractivity contribution is 5.89. The standard InChI is InChI=1S/C23H26N4O4/c28-22(18-25(16-20-8-4-14-30-20)17-21-9-5-15-31-21)26-10-12-27(13-11-26)23(29)24-19-6-2-1-3-7-19/h1-9,14-15H,10-13,16-18H2,(H,24,29). The monoisotopic (exact) mass is 422 g/mol. The predicted molar refractivity (Wildman–Crippen MR) is 115 cm³/mol. The first-order valence-electron chi connectivity index (χ1n) is 10.3. The molecule has 1 N–H and O–H groups in total. The highest BCUT2D eigenvalue weighted by Gasteiger charge is 2.26. The van der Waals surface area contributed by atoms with Crippen molar-refractivity contribution in [1.29, 1.82) is 0 Å². The maximum absolute atomic E-state index is 12.9. The van der Waals surface area contributed by atoms with E-state index in [0.717, 1.165) is 17.2 Å². The number of carbonyl (C=O) groups excluding carboxylic acids is 2. The summed E-state index contributed by atoms with van der Waals surface area (Å²) in [5.41, 5.74) is 0.762. The van der Waals surface area contributed by atoms with Crippen LogP contribution in [0.3, 0.4) is 0 Å². The molecule has 2 aromatic heterocycles. The molecule has 3 heterocycles. The maximum atomic E-state index is 12.9. The minimum atomic E-state index is -0.143. The molecule has 0 aliphatic carbocycles. The van der Waals surface area contributed by atoms with Crippen LogP contribution in [0.15, 0.2) is 76.0 Å². The van der Waals surface area contributed by atoms with Gasteiger partial charge in [0.25, 0.3) is 0 Å². The number of anilines is 1. The Bertz CT molecular complexity index is 913. The van der Waals surface area contributed by atoms with Crippen molar-refractivity contribution in [1.82, 2.24) is 14.7 Å². The number of urea groups is 1. The van der Waals surface area contributed by atoms with Crippen LogP contribution < -0.4 is 5.32 Å². The quantitative estimate of drug-likeness (QED) is 0.632. The molecule has 0 bridgehead atoms. The van der Waals surface area contributed by atoms with E-state index in [2.05, 4.69) is 5.32 Å². The Morgan fingerprint density at radius 2 is 1.39 bits per heavy atom. The lowest BCUT2D eigenvalue weighted by molar-refractivity contribution is -0.134. The van der Waals surface area contributed by atoms with Gasteiger partial charge < -0.3 is 24.0 Å². The molecule has 1 aliphatic heterocycles. The van der Waals surface area contributed by atoms with Crippen LogP contribution >= 0.6 is 0 Å². The topological polar surface area (TPSA) is 82.2 Å². The first-order valence-corrected chi connectivity index (χ1v) is 10.3. The molecule has 162 valence electrons. The Balaban J connectivity index is 1.29. The van der Waals surface area contributed by atoms with E-state index in [0.29, 0.717) is 39.3 Å². The van der Waals surface area contributed by atoms with E-state index >= 15 is 0 Å². The maximum Gasteiger partial charge on any atom is 0.321 e. The van der Waals surface area contributed by atoms with Crippen molar-refractivity contribution in [2.45, 2.75) is 13.1 Å². The van der Waals surface area contributed by atoms with E-state index in [1.54, 1.807) is 17.4 Å². The zero-order valence-electron chi connectivity index (χ0n) is 17.3. The molecule has 0 spiro atoms. The van der Waals surface area contributed by atoms with E-state index in [1.165, 1.54) is 0 Å². The van der Waals surface area contributed by atoms with Crippen LogP contribution in [0.5, 0.6) is 0 Å². The second kappa shape index (κ2) is 9.99. The van der Waals surface area contributed by atoms with Crippen molar-refractivity contribution in [3.63, 3.8) is 0 Å². The number of piperazine rings is 1. The number of furan rings is 2. The van der Waals surface area contributed by atoms with E-state index < -0.39 is 0 Å². The zero-order chi connectivity index (χ0) is 21.5. The first-order chi connectivity index (χ1) is 15.2. The van der Waals surface area contributed by atoms with Gasteiger partial charge in [-0.2, -0.15) is 0 Å². The third-order valence-corrected chi connectivity index (χ3v) is 5.22. The molecule has 3 aromatic rings. The van der Waals surface area contributed by atoms with Crippen molar-refractivity contribution >= 4 is 17.6 Å². The van der Waals surface area contributed by atoms with E-state index in [-0.39, 0.29) is 18.5 Å². The molecule has 1 aromatic carbocycles. The third kappa shape index (κ3) is 5.76. The van der Waals surface area contributed by atoms with Crippen molar-refractivity contribution in [3.05, 3.63) is 78.6 Å². The molecule has 1 fully saturated rings. The normalized spacial score (nSPS) is 14.1. The zero-order valence-corrected chi connectivity index (χ0v) is 17.3. The smallest absolute Gasteiger partial charge is 0.321 e. The number of nitrogens with one attached hydrogen (secondary N) is 1. The van der Waals surface area contributed by atoms with Crippen LogP contribution in [0, 0.1) is 0 Å². The van der Waals surface area contributed by atoms with Crippen molar-refractivity contribution in [2.75, 3.05) is 38.0 Å². The molecule has 1 aliphatic rings. The van der Waals surface area contributed by atoms with Gasteiger partial charge in [0.1, 0.15) is 11.5 Å². The largest absolute Gasteiger partial charge is 0.468 e. The Labute approximate surface area is 181 Å². The number of para-hydroxylation sites is 1. The van der Waals surface area contributed by atoms with Gasteiger partial charge in [0, 0.05) is 31.9 Å². The average Bonchev–Trinajstić information content (AvgIpc) is 3.49. The summed E-state index contributed by atoms with van der Waals surface area (Å²) in [5, 5.41) is 2.89. The lowest BCUT2D eigenvalue weighted by Crippen LogP contribution is -2.53. The average molecular weight is 422 g/mol. The summed E-state index contributed by atoms with van der Waals surface area (Å²) in [4.78, 5) is 30.9. The fraction of sp³-hybridized carbons (Fsp3) is 0.304. The number of hydrogen-bond donors (Lipinski definition) is 1. The summed E-state index contributed by atoms with van der Waals surface area (Å²) in [7, 11) is 0. The van der Waals surface area contributed by atoms with Gasteiger partial charge in [-0.1, -0.05) is 18.2 Å². The lowest BCUT2D eigenvalue weighted by atomic mass is 10.3. The molecule has 3 amide bonds.